The molecule has 0 aliphatic heterocycles. The van der Waals surface area contributed by atoms with Crippen LogP contribution in [0.4, 0.5) is 0 Å². The van der Waals surface area contributed by atoms with Crippen LogP contribution < -0.4 is 5.32 Å². The van der Waals surface area contributed by atoms with Crippen molar-refractivity contribution in [3.63, 3.8) is 0 Å². The summed E-state index contributed by atoms with van der Waals surface area (Å²) in [6, 6.07) is -0.979. The van der Waals surface area contributed by atoms with Crippen molar-refractivity contribution in [2.75, 3.05) is 6.61 Å². The molecule has 0 saturated carbocycles. The first-order chi connectivity index (χ1) is 30.5. The van der Waals surface area contributed by atoms with Gasteiger partial charge in [-0.2, -0.15) is 0 Å². The Bertz CT molecular complexity index is 856. The van der Waals surface area contributed by atoms with Gasteiger partial charge >= 0.3 is 0 Å². The Morgan fingerprint density at radius 2 is 0.548 bits per heavy atom. The number of amides is 1. The number of aliphatic hydroxyl groups excluding tert-OH is 4. The smallest absolute Gasteiger partial charge is 0.249 e. The Labute approximate surface area is 388 Å². The van der Waals surface area contributed by atoms with Crippen LogP contribution in [0, 0.1) is 0 Å². The Morgan fingerprint density at radius 1 is 0.339 bits per heavy atom. The van der Waals surface area contributed by atoms with E-state index in [0.29, 0.717) is 12.8 Å². The van der Waals surface area contributed by atoms with Crippen LogP contribution in [0.25, 0.3) is 0 Å². The molecular formula is C56H113NO5. The van der Waals surface area contributed by atoms with Crippen LogP contribution in [0.15, 0.2) is 0 Å². The van der Waals surface area contributed by atoms with E-state index in [1.54, 1.807) is 0 Å². The minimum Gasteiger partial charge on any atom is -0.394 e. The molecule has 4 atom stereocenters. The normalized spacial score (nSPS) is 13.7. The van der Waals surface area contributed by atoms with Crippen molar-refractivity contribution < 1.29 is 25.2 Å². The number of carbonyl (C=O) groups excluding carboxylic acids is 1. The van der Waals surface area contributed by atoms with E-state index in [-0.39, 0.29) is 0 Å². The minimum absolute atomic E-state index is 0.376. The molecule has 372 valence electrons. The van der Waals surface area contributed by atoms with E-state index in [4.69, 9.17) is 0 Å². The molecule has 6 nitrogen and oxygen atoms in total. The highest BCUT2D eigenvalue weighted by atomic mass is 16.3. The third-order valence-corrected chi connectivity index (χ3v) is 13.8. The zero-order chi connectivity index (χ0) is 45.2. The van der Waals surface area contributed by atoms with Crippen molar-refractivity contribution in [1.29, 1.82) is 0 Å². The van der Waals surface area contributed by atoms with Crippen LogP contribution in [0.5, 0.6) is 0 Å². The molecule has 0 fully saturated rings. The molecule has 5 N–H and O–H groups in total. The van der Waals surface area contributed by atoms with Crippen molar-refractivity contribution in [2.24, 2.45) is 0 Å². The lowest BCUT2D eigenvalue weighted by Gasteiger charge is -2.27. The average Bonchev–Trinajstić information content (AvgIpc) is 3.28. The van der Waals surface area contributed by atoms with Gasteiger partial charge in [0.25, 0.3) is 0 Å². The van der Waals surface area contributed by atoms with Gasteiger partial charge in [0.05, 0.1) is 18.8 Å². The molecule has 0 aliphatic carbocycles. The molecule has 0 heterocycles. The van der Waals surface area contributed by atoms with Crippen molar-refractivity contribution in [2.45, 2.75) is 346 Å². The van der Waals surface area contributed by atoms with Crippen LogP contribution in [0.1, 0.15) is 322 Å². The molecular weight excluding hydrogens is 767 g/mol. The molecule has 4 unspecified atom stereocenters. The number of unbranched alkanes of at least 4 members (excludes halogenated alkanes) is 44. The maximum Gasteiger partial charge on any atom is 0.249 e. The summed E-state index contributed by atoms with van der Waals surface area (Å²) in [5.41, 5.74) is 0. The lowest BCUT2D eigenvalue weighted by molar-refractivity contribution is -0.132. The number of rotatable bonds is 53. The van der Waals surface area contributed by atoms with Gasteiger partial charge in [-0.25, -0.2) is 0 Å². The highest BCUT2D eigenvalue weighted by molar-refractivity contribution is 5.80. The molecule has 0 aromatic heterocycles. The van der Waals surface area contributed by atoms with E-state index in [9.17, 15) is 25.2 Å². The monoisotopic (exact) mass is 880 g/mol. The molecule has 62 heavy (non-hydrogen) atoms. The first-order valence-electron chi connectivity index (χ1n) is 28.4. The highest BCUT2D eigenvalue weighted by Gasteiger charge is 2.28. The second-order valence-corrected chi connectivity index (χ2v) is 20.0. The maximum absolute atomic E-state index is 12.5. The van der Waals surface area contributed by atoms with Crippen molar-refractivity contribution >= 4 is 5.91 Å². The average molecular weight is 881 g/mol. The number of carbonyl (C=O) groups is 1. The summed E-state index contributed by atoms with van der Waals surface area (Å²) in [7, 11) is 0. The second kappa shape index (κ2) is 51.3. The standard InChI is InChI=1S/C56H113NO5/c1-3-5-7-9-11-13-15-16-17-18-19-20-21-22-23-24-25-26-27-28-29-30-31-32-33-34-35-36-37-38-39-40-42-44-46-48-50-54(60)56(62)57-52(51-58)55(61)53(59)49-47-45-43-41-14-12-10-8-6-4-2/h52-55,58-61H,3-51H2,1-2H3,(H,57,62). The predicted molar refractivity (Wildman–Crippen MR) is 270 cm³/mol. The highest BCUT2D eigenvalue weighted by Crippen LogP contribution is 2.19. The van der Waals surface area contributed by atoms with Gasteiger partial charge in [0.2, 0.25) is 5.91 Å². The first-order valence-corrected chi connectivity index (χ1v) is 28.4. The van der Waals surface area contributed by atoms with Crippen LogP contribution in [0.3, 0.4) is 0 Å². The fraction of sp³-hybridized carbons (Fsp3) is 0.982. The summed E-state index contributed by atoms with van der Waals surface area (Å²) in [6.45, 7) is 4.06. The minimum atomic E-state index is -1.25. The fourth-order valence-electron chi connectivity index (χ4n) is 9.35. The summed E-state index contributed by atoms with van der Waals surface area (Å²) < 4.78 is 0. The predicted octanol–water partition coefficient (Wildman–Crippen LogP) is 16.3. The van der Waals surface area contributed by atoms with Gasteiger partial charge in [0.15, 0.2) is 0 Å². The summed E-state index contributed by atoms with van der Waals surface area (Å²) in [4.78, 5) is 12.5. The van der Waals surface area contributed by atoms with E-state index in [0.717, 1.165) is 38.5 Å². The molecule has 0 saturated heterocycles. The Morgan fingerprint density at radius 3 is 0.774 bits per heavy atom. The summed E-state index contributed by atoms with van der Waals surface area (Å²) >= 11 is 0. The third kappa shape index (κ3) is 44.5. The largest absolute Gasteiger partial charge is 0.394 e. The van der Waals surface area contributed by atoms with Gasteiger partial charge in [-0.15, -0.1) is 0 Å². The molecule has 6 heteroatoms. The Hall–Kier alpha value is -0.690. The molecule has 0 rings (SSSR count). The van der Waals surface area contributed by atoms with Gasteiger partial charge in [-0.1, -0.05) is 309 Å². The van der Waals surface area contributed by atoms with E-state index in [2.05, 4.69) is 19.2 Å². The second-order valence-electron chi connectivity index (χ2n) is 20.0. The van der Waals surface area contributed by atoms with E-state index >= 15 is 0 Å². The van der Waals surface area contributed by atoms with E-state index < -0.39 is 36.9 Å². The Balaban J connectivity index is 3.44. The quantitative estimate of drug-likeness (QED) is 0.0391. The third-order valence-electron chi connectivity index (χ3n) is 13.8. The maximum atomic E-state index is 12.5. The van der Waals surface area contributed by atoms with Crippen LogP contribution in [-0.4, -0.2) is 57.3 Å². The molecule has 0 radical (unpaired) electrons. The number of aliphatic hydroxyl groups is 4. The first kappa shape index (κ1) is 61.3. The van der Waals surface area contributed by atoms with Gasteiger partial charge in [0.1, 0.15) is 12.2 Å². The van der Waals surface area contributed by atoms with Gasteiger partial charge in [-0.05, 0) is 12.8 Å². The van der Waals surface area contributed by atoms with Gasteiger partial charge < -0.3 is 25.7 Å². The van der Waals surface area contributed by atoms with Crippen molar-refractivity contribution in [3.05, 3.63) is 0 Å². The molecule has 1 amide bonds. The molecule has 0 bridgehead atoms. The molecule has 0 aromatic carbocycles. The number of hydrogen-bond acceptors (Lipinski definition) is 5. The summed E-state index contributed by atoms with van der Waals surface area (Å²) in [5, 5.41) is 43.7. The van der Waals surface area contributed by atoms with Crippen LogP contribution in [0.2, 0.25) is 0 Å². The van der Waals surface area contributed by atoms with E-state index in [1.807, 2.05) is 0 Å². The zero-order valence-corrected chi connectivity index (χ0v) is 42.2. The lowest BCUT2D eigenvalue weighted by atomic mass is 9.99. The van der Waals surface area contributed by atoms with E-state index in [1.165, 1.54) is 257 Å². The van der Waals surface area contributed by atoms with Crippen LogP contribution >= 0.6 is 0 Å². The zero-order valence-electron chi connectivity index (χ0n) is 42.2. The molecule has 0 aromatic rings. The summed E-state index contributed by atoms with van der Waals surface area (Å²) in [6.07, 6.45) is 59.3. The van der Waals surface area contributed by atoms with Crippen molar-refractivity contribution in [1.82, 2.24) is 5.32 Å². The molecule has 0 aliphatic rings. The Kier molecular flexibility index (Phi) is 50.7. The topological polar surface area (TPSA) is 110 Å². The fourth-order valence-corrected chi connectivity index (χ4v) is 9.35. The SMILES string of the molecule is CCCCCCCCCCCCCCCCCCCCCCCCCCCCCCCCCCCCCCC(O)C(=O)NC(CO)C(O)C(O)CCCCCCCCCCCC. The van der Waals surface area contributed by atoms with Gasteiger partial charge in [-0.3, -0.25) is 4.79 Å². The number of nitrogens with one attached hydrogen (secondary N) is 1. The number of hydrogen-bond donors (Lipinski definition) is 5. The van der Waals surface area contributed by atoms with Crippen molar-refractivity contribution in [3.8, 4) is 0 Å². The summed E-state index contributed by atoms with van der Waals surface area (Å²) in [5.74, 6) is -0.578. The van der Waals surface area contributed by atoms with Gasteiger partial charge in [0, 0.05) is 0 Å². The molecule has 0 spiro atoms. The lowest BCUT2D eigenvalue weighted by Crippen LogP contribution is -2.53. The van der Waals surface area contributed by atoms with Crippen LogP contribution in [-0.2, 0) is 4.79 Å².